The quantitative estimate of drug-likeness (QED) is 0.472. The van der Waals surface area contributed by atoms with Gasteiger partial charge < -0.3 is 0 Å². The van der Waals surface area contributed by atoms with Gasteiger partial charge in [0.25, 0.3) is 0 Å². The summed E-state index contributed by atoms with van der Waals surface area (Å²) in [6, 6.07) is 14.9. The van der Waals surface area contributed by atoms with Gasteiger partial charge in [0.2, 0.25) is 0 Å². The predicted octanol–water partition coefficient (Wildman–Crippen LogP) is 4.82. The van der Waals surface area contributed by atoms with Gasteiger partial charge in [-0.3, -0.25) is 0 Å². The minimum atomic E-state index is 0. The van der Waals surface area contributed by atoms with Crippen molar-refractivity contribution in [2.45, 2.75) is 41.5 Å². The average molecular weight is 351 g/mol. The van der Waals surface area contributed by atoms with Crippen molar-refractivity contribution in [3.8, 4) is 0 Å². The first-order chi connectivity index (χ1) is 8.36. The summed E-state index contributed by atoms with van der Waals surface area (Å²) in [6.07, 6.45) is 0. The molecule has 0 bridgehead atoms. The molecule has 0 nitrogen and oxygen atoms in total. The summed E-state index contributed by atoms with van der Waals surface area (Å²) in [5, 5.41) is 0. The first kappa shape index (κ1) is 18.4. The molecule has 0 aromatic heterocycles. The second-order valence-corrected chi connectivity index (χ2v) is 5.05. The molecule has 2 aromatic rings. The summed E-state index contributed by atoms with van der Waals surface area (Å²) in [4.78, 5) is 0. The van der Waals surface area contributed by atoms with Crippen LogP contribution in [0.15, 0.2) is 24.3 Å². The summed E-state index contributed by atoms with van der Waals surface area (Å²) in [5.74, 6) is 0. The van der Waals surface area contributed by atoms with Gasteiger partial charge in [0.15, 0.2) is 0 Å². The monoisotopic (exact) mass is 352 g/mol. The van der Waals surface area contributed by atoms with Crippen molar-refractivity contribution in [2.24, 2.45) is 0 Å². The number of benzene rings is 2. The van der Waals surface area contributed by atoms with Gasteiger partial charge in [-0.25, -0.2) is 0 Å². The van der Waals surface area contributed by atoms with E-state index in [-0.39, 0.29) is 27.3 Å². The molecule has 19 heavy (non-hydrogen) atoms. The topological polar surface area (TPSA) is 0 Å². The largest absolute Gasteiger partial charge is 2.00 e. The van der Waals surface area contributed by atoms with Crippen molar-refractivity contribution in [3.05, 3.63) is 69.8 Å². The van der Waals surface area contributed by atoms with Crippen LogP contribution in [0.3, 0.4) is 0 Å². The smallest absolute Gasteiger partial charge is 0.177 e. The van der Waals surface area contributed by atoms with E-state index < -0.39 is 0 Å². The zero-order valence-corrected chi connectivity index (χ0v) is 17.1. The predicted molar refractivity (Wildman–Crippen MR) is 79.0 cm³/mol. The maximum atomic E-state index is 3.21. The van der Waals surface area contributed by atoms with Crippen LogP contribution in [0.25, 0.3) is 0 Å². The standard InChI is InChI=1S/2C9H11.Cd/c2*1-7-4-8(2)6-9(3)5-7;/h2*4-5H,1-3H3;/q2*-1;+2. The zero-order chi connectivity index (χ0) is 13.7. The minimum Gasteiger partial charge on any atom is -0.177 e. The molecule has 0 atom stereocenters. The fourth-order valence-corrected chi connectivity index (χ4v) is 2.22. The maximum Gasteiger partial charge on any atom is 2.00 e. The third kappa shape index (κ3) is 7.51. The Kier molecular flexibility index (Phi) is 8.23. The van der Waals surface area contributed by atoms with Crippen molar-refractivity contribution in [2.75, 3.05) is 0 Å². The Morgan fingerprint density at radius 3 is 0.895 bits per heavy atom. The first-order valence-electron chi connectivity index (χ1n) is 6.31. The summed E-state index contributed by atoms with van der Waals surface area (Å²) < 4.78 is 0. The molecule has 0 saturated heterocycles. The Labute approximate surface area is 138 Å². The molecule has 0 unspecified atom stereocenters. The molecule has 0 radical (unpaired) electrons. The van der Waals surface area contributed by atoms with E-state index in [1.165, 1.54) is 33.4 Å². The van der Waals surface area contributed by atoms with E-state index in [1.54, 1.807) is 0 Å². The van der Waals surface area contributed by atoms with Crippen molar-refractivity contribution in [3.63, 3.8) is 0 Å². The Morgan fingerprint density at radius 2 is 0.737 bits per heavy atom. The molecular weight excluding hydrogens is 329 g/mol. The molecule has 2 aromatic carbocycles. The Morgan fingerprint density at radius 1 is 0.526 bits per heavy atom. The molecule has 0 amide bonds. The molecule has 0 aliphatic rings. The fourth-order valence-electron chi connectivity index (χ4n) is 2.22. The van der Waals surface area contributed by atoms with Crippen molar-refractivity contribution in [1.29, 1.82) is 0 Å². The van der Waals surface area contributed by atoms with E-state index in [4.69, 9.17) is 0 Å². The van der Waals surface area contributed by atoms with Crippen LogP contribution in [0.4, 0.5) is 0 Å². The van der Waals surface area contributed by atoms with Gasteiger partial charge in [0.1, 0.15) is 0 Å². The fraction of sp³-hybridized carbons (Fsp3) is 0.333. The van der Waals surface area contributed by atoms with Crippen LogP contribution in [-0.4, -0.2) is 0 Å². The third-order valence-electron chi connectivity index (χ3n) is 2.57. The molecule has 1 heteroatoms. The molecule has 96 valence electrons. The normalized spacial score (nSPS) is 9.16. The van der Waals surface area contributed by atoms with Gasteiger partial charge in [-0.15, -0.1) is 0 Å². The Bertz CT molecular complexity index is 377. The number of hydrogen-bond donors (Lipinski definition) is 0. The number of hydrogen-bond acceptors (Lipinski definition) is 0. The zero-order valence-electron chi connectivity index (χ0n) is 13.0. The van der Waals surface area contributed by atoms with Gasteiger partial charge in [-0.2, -0.15) is 69.8 Å². The van der Waals surface area contributed by atoms with Crippen LogP contribution >= 0.6 is 0 Å². The third-order valence-corrected chi connectivity index (χ3v) is 2.57. The van der Waals surface area contributed by atoms with Gasteiger partial charge in [0, 0.05) is 0 Å². The first-order valence-corrected chi connectivity index (χ1v) is 6.31. The SMILES string of the molecule is Cc1[c-]c(C)cc(C)c1.Cc1[c-]c(C)cc(C)c1.[Cd+2]. The second-order valence-electron chi connectivity index (χ2n) is 5.05. The van der Waals surface area contributed by atoms with E-state index in [2.05, 4.69) is 77.9 Å². The molecule has 0 spiro atoms. The molecule has 0 heterocycles. The van der Waals surface area contributed by atoms with Crippen LogP contribution < -0.4 is 0 Å². The molecule has 0 aliphatic heterocycles. The minimum absolute atomic E-state index is 0. The van der Waals surface area contributed by atoms with Crippen LogP contribution in [0.5, 0.6) is 0 Å². The van der Waals surface area contributed by atoms with Crippen molar-refractivity contribution in [1.82, 2.24) is 0 Å². The van der Waals surface area contributed by atoms with Crippen molar-refractivity contribution >= 4 is 0 Å². The van der Waals surface area contributed by atoms with Gasteiger partial charge >= 0.3 is 27.3 Å². The number of rotatable bonds is 0. The molecule has 0 aliphatic carbocycles. The van der Waals surface area contributed by atoms with Gasteiger partial charge in [-0.1, -0.05) is 41.5 Å². The van der Waals surface area contributed by atoms with E-state index in [0.717, 1.165) is 0 Å². The average Bonchev–Trinajstić information content (AvgIpc) is 2.12. The summed E-state index contributed by atoms with van der Waals surface area (Å²) in [7, 11) is 0. The molecule has 2 rings (SSSR count). The van der Waals surface area contributed by atoms with E-state index in [0.29, 0.717) is 0 Å². The molecule has 0 saturated carbocycles. The van der Waals surface area contributed by atoms with Crippen LogP contribution in [-0.2, 0) is 27.3 Å². The Balaban J connectivity index is 0.000000324. The van der Waals surface area contributed by atoms with Gasteiger partial charge in [0.05, 0.1) is 0 Å². The molecular formula is C18H22Cd. The van der Waals surface area contributed by atoms with Gasteiger partial charge in [-0.05, 0) is 0 Å². The number of aryl methyl sites for hydroxylation is 6. The van der Waals surface area contributed by atoms with Crippen LogP contribution in [0, 0.1) is 53.7 Å². The van der Waals surface area contributed by atoms with Crippen LogP contribution in [0.1, 0.15) is 33.4 Å². The summed E-state index contributed by atoms with van der Waals surface area (Å²) in [5.41, 5.74) is 7.56. The van der Waals surface area contributed by atoms with E-state index in [9.17, 15) is 0 Å². The van der Waals surface area contributed by atoms with Crippen LogP contribution in [0.2, 0.25) is 0 Å². The summed E-state index contributed by atoms with van der Waals surface area (Å²) >= 11 is 0. The molecule has 0 fully saturated rings. The van der Waals surface area contributed by atoms with Crippen molar-refractivity contribution < 1.29 is 27.3 Å². The molecule has 0 N–H and O–H groups in total. The van der Waals surface area contributed by atoms with E-state index >= 15 is 0 Å². The maximum absolute atomic E-state index is 3.21. The summed E-state index contributed by atoms with van der Waals surface area (Å²) in [6.45, 7) is 12.5. The second kappa shape index (κ2) is 8.52. The van der Waals surface area contributed by atoms with E-state index in [1.807, 2.05) is 0 Å². The Hall–Kier alpha value is -0.638.